The SMILES string of the molecule is COC(=O)[C@]12CC(=O)[C@@]3(Cl)[C@](O)(C(C4=C[C@H](O)[C@H](O)[C@]56C[C@H]5C(C)(C)O[C@H]46)=C[C@@]3(C)C1)[C@@]21OCc2c(O)cc(C)cc2O1. The molecule has 1 aromatic carbocycles. The number of aliphatic hydroxyl groups excluding tert-OH is 2. The summed E-state index contributed by atoms with van der Waals surface area (Å²) in [6.45, 7) is 7.09. The Morgan fingerprint density at radius 1 is 1.19 bits per heavy atom. The second-order valence-electron chi connectivity index (χ2n) is 14.5. The number of phenolic OH excluding ortho intramolecular Hbond substituents is 1. The number of allylic oxidation sites excluding steroid dienone is 1. The van der Waals surface area contributed by atoms with E-state index >= 15 is 0 Å². The number of esters is 1. The van der Waals surface area contributed by atoms with Gasteiger partial charge < -0.3 is 39.4 Å². The van der Waals surface area contributed by atoms with Gasteiger partial charge in [-0.2, -0.15) is 0 Å². The molecule has 10 atom stereocenters. The van der Waals surface area contributed by atoms with Crippen LogP contribution in [0, 0.1) is 29.1 Å². The van der Waals surface area contributed by atoms with Crippen molar-refractivity contribution < 1.29 is 49.0 Å². The molecule has 8 aliphatic rings. The van der Waals surface area contributed by atoms with Crippen LogP contribution >= 0.6 is 11.6 Å². The van der Waals surface area contributed by atoms with Crippen molar-refractivity contribution in [1.29, 1.82) is 0 Å². The molecule has 4 bridgehead atoms. The molecule has 0 radical (unpaired) electrons. The normalized spacial score (nSPS) is 49.5. The van der Waals surface area contributed by atoms with Crippen LogP contribution in [0.25, 0.3) is 0 Å². The summed E-state index contributed by atoms with van der Waals surface area (Å²) in [4.78, 5) is 26.1. The predicted octanol–water partition coefficient (Wildman–Crippen LogP) is 2.34. The average molecular weight is 615 g/mol. The largest absolute Gasteiger partial charge is 0.507 e. The van der Waals surface area contributed by atoms with E-state index in [1.165, 1.54) is 13.2 Å². The highest BCUT2D eigenvalue weighted by Crippen LogP contribution is 2.79. The molecule has 1 saturated heterocycles. The molecule has 4 N–H and O–H groups in total. The van der Waals surface area contributed by atoms with Gasteiger partial charge in [0, 0.05) is 17.3 Å². The van der Waals surface area contributed by atoms with Crippen LogP contribution < -0.4 is 4.74 Å². The first kappa shape index (κ1) is 28.0. The lowest BCUT2D eigenvalue weighted by Gasteiger charge is -2.69. The van der Waals surface area contributed by atoms with Gasteiger partial charge in [-0.1, -0.05) is 13.0 Å². The van der Waals surface area contributed by atoms with E-state index < -0.39 is 74.6 Å². The zero-order valence-electron chi connectivity index (χ0n) is 24.6. The minimum absolute atomic E-state index is 0.0515. The molecule has 4 saturated carbocycles. The molecule has 0 aromatic heterocycles. The van der Waals surface area contributed by atoms with Crippen LogP contribution in [0.4, 0.5) is 0 Å². The number of rotatable bonds is 2. The smallest absolute Gasteiger partial charge is 0.319 e. The highest BCUT2D eigenvalue weighted by Gasteiger charge is 2.93. The third-order valence-corrected chi connectivity index (χ3v) is 12.9. The number of aryl methyl sites for hydroxylation is 1. The Kier molecular flexibility index (Phi) is 4.99. The van der Waals surface area contributed by atoms with E-state index in [4.69, 9.17) is 30.5 Å². The average Bonchev–Trinajstić information content (AvgIpc) is 3.61. The van der Waals surface area contributed by atoms with E-state index in [0.717, 1.165) is 0 Å². The van der Waals surface area contributed by atoms with E-state index in [-0.39, 0.29) is 36.0 Å². The number of aromatic hydroxyl groups is 1. The maximum absolute atomic E-state index is 14.2. The number of alkyl halides is 1. The number of fused-ring (bicyclic) bond motifs is 2. The quantitative estimate of drug-likeness (QED) is 0.289. The number of ether oxygens (including phenoxy) is 4. The van der Waals surface area contributed by atoms with Crippen molar-refractivity contribution in [3.05, 3.63) is 46.6 Å². The van der Waals surface area contributed by atoms with Crippen LogP contribution in [0.3, 0.4) is 0 Å². The number of methoxy groups -OCH3 is 1. The van der Waals surface area contributed by atoms with E-state index in [2.05, 4.69) is 0 Å². The van der Waals surface area contributed by atoms with Crippen molar-refractivity contribution >= 4 is 23.4 Å². The van der Waals surface area contributed by atoms with E-state index in [9.17, 15) is 30.0 Å². The number of halogens is 1. The van der Waals surface area contributed by atoms with Crippen LogP contribution in [0.1, 0.15) is 51.2 Å². The summed E-state index contributed by atoms with van der Waals surface area (Å²) >= 11 is 7.45. The zero-order valence-corrected chi connectivity index (χ0v) is 25.3. The third kappa shape index (κ3) is 2.67. The summed E-state index contributed by atoms with van der Waals surface area (Å²) in [6.07, 6.45) is 0.169. The van der Waals surface area contributed by atoms with Gasteiger partial charge in [0.15, 0.2) is 16.3 Å². The Morgan fingerprint density at radius 3 is 2.58 bits per heavy atom. The van der Waals surface area contributed by atoms with Crippen molar-refractivity contribution in [2.24, 2.45) is 22.2 Å². The van der Waals surface area contributed by atoms with Gasteiger partial charge in [0.25, 0.3) is 5.79 Å². The molecule has 0 unspecified atom stereocenters. The van der Waals surface area contributed by atoms with Crippen molar-refractivity contribution in [2.75, 3.05) is 7.11 Å². The lowest BCUT2D eigenvalue weighted by Crippen LogP contribution is -2.87. The fourth-order valence-corrected chi connectivity index (χ4v) is 10.6. The number of ketones is 1. The van der Waals surface area contributed by atoms with Gasteiger partial charge in [0.1, 0.15) is 16.9 Å². The van der Waals surface area contributed by atoms with Crippen LogP contribution in [-0.4, -0.2) is 79.5 Å². The van der Waals surface area contributed by atoms with E-state index in [1.54, 1.807) is 32.1 Å². The Morgan fingerprint density at radius 2 is 1.91 bits per heavy atom. The van der Waals surface area contributed by atoms with Crippen molar-refractivity contribution in [2.45, 2.75) is 93.7 Å². The molecule has 5 fully saturated rings. The van der Waals surface area contributed by atoms with Crippen molar-refractivity contribution in [1.82, 2.24) is 0 Å². The number of carbonyl (C=O) groups is 2. The van der Waals surface area contributed by atoms with Gasteiger partial charge >= 0.3 is 5.97 Å². The van der Waals surface area contributed by atoms with E-state index in [0.29, 0.717) is 23.1 Å². The maximum atomic E-state index is 14.2. The van der Waals surface area contributed by atoms with Crippen LogP contribution in [0.15, 0.2) is 35.4 Å². The van der Waals surface area contributed by atoms with Gasteiger partial charge in [0.05, 0.1) is 43.2 Å². The second kappa shape index (κ2) is 7.66. The third-order valence-electron chi connectivity index (χ3n) is 12.0. The molecular weight excluding hydrogens is 580 g/mol. The topological polar surface area (TPSA) is 152 Å². The fraction of sp³-hybridized carbons (Fsp3) is 0.625. The first-order chi connectivity index (χ1) is 20.0. The molecule has 11 heteroatoms. The molecule has 9 rings (SSSR count). The number of carbonyl (C=O) groups excluding carboxylic acids is 2. The predicted molar refractivity (Wildman–Crippen MR) is 149 cm³/mol. The molecule has 1 aromatic rings. The van der Waals surface area contributed by atoms with Gasteiger partial charge in [-0.3, -0.25) is 9.59 Å². The highest BCUT2D eigenvalue weighted by atomic mass is 35.5. The van der Waals surface area contributed by atoms with E-state index in [1.807, 2.05) is 13.8 Å². The zero-order chi connectivity index (χ0) is 30.9. The lowest BCUT2D eigenvalue weighted by atomic mass is 9.43. The summed E-state index contributed by atoms with van der Waals surface area (Å²) in [6, 6.07) is 3.22. The Hall–Kier alpha value is -2.47. The summed E-state index contributed by atoms with van der Waals surface area (Å²) < 4.78 is 25.0. The van der Waals surface area contributed by atoms with Crippen LogP contribution in [0.5, 0.6) is 11.5 Å². The van der Waals surface area contributed by atoms with Gasteiger partial charge in [-0.15, -0.1) is 11.6 Å². The minimum atomic E-state index is -2.50. The highest BCUT2D eigenvalue weighted by molar-refractivity contribution is 6.39. The first-order valence-electron chi connectivity index (χ1n) is 14.7. The van der Waals surface area contributed by atoms with Gasteiger partial charge in [0.2, 0.25) is 0 Å². The molecular formula is C32H35ClO10. The molecule has 2 heterocycles. The van der Waals surface area contributed by atoms with Crippen LogP contribution in [0.2, 0.25) is 0 Å². The summed E-state index contributed by atoms with van der Waals surface area (Å²) in [5.41, 5.74) is -5.54. The van der Waals surface area contributed by atoms with Crippen LogP contribution in [-0.2, 0) is 30.4 Å². The molecule has 2 spiro atoms. The first-order valence-corrected chi connectivity index (χ1v) is 15.1. The van der Waals surface area contributed by atoms with Gasteiger partial charge in [-0.05, 0) is 74.4 Å². The number of aliphatic hydroxyl groups is 3. The Bertz CT molecular complexity index is 1620. The minimum Gasteiger partial charge on any atom is -0.507 e. The fourth-order valence-electron chi connectivity index (χ4n) is 10.1. The second-order valence-corrected chi connectivity index (χ2v) is 15.1. The molecule has 0 amide bonds. The summed E-state index contributed by atoms with van der Waals surface area (Å²) in [5, 5.41) is 46.5. The standard InChI is InChI=1S/C32H35ClO10/c1-14-6-18(34)16-12-41-32(42-20(16)7-14)28(25(38)40-5)11-22(36)30(33)27(4,13-28)9-17(31(30,32)39)15-8-19(35)23(37)29-10-21(29)26(2,3)43-24(15)29/h6-9,19,21,23-24,34-35,37,39H,10-13H2,1-5H3/t19-,21-,23-,24+,27-,28-,29-,30-,31+,32+/m0/s1. The Balaban J connectivity index is 1.40. The number of benzene rings is 1. The van der Waals surface area contributed by atoms with Crippen molar-refractivity contribution in [3.8, 4) is 11.5 Å². The lowest BCUT2D eigenvalue weighted by molar-refractivity contribution is -0.370. The number of hydrogen-bond acceptors (Lipinski definition) is 10. The molecule has 10 nitrogen and oxygen atoms in total. The number of hydrogen-bond donors (Lipinski definition) is 4. The number of Topliss-reactive ketones (excluding diaryl/α,β-unsaturated/α-hetero) is 1. The molecule has 6 aliphatic carbocycles. The van der Waals surface area contributed by atoms with Gasteiger partial charge in [-0.25, -0.2) is 0 Å². The van der Waals surface area contributed by atoms with Crippen molar-refractivity contribution in [3.63, 3.8) is 0 Å². The maximum Gasteiger partial charge on any atom is 0.319 e. The number of phenols is 1. The summed E-state index contributed by atoms with van der Waals surface area (Å²) in [7, 11) is 1.20. The summed E-state index contributed by atoms with van der Waals surface area (Å²) in [5.74, 6) is -3.60. The molecule has 230 valence electrons. The monoisotopic (exact) mass is 614 g/mol. The molecule has 43 heavy (non-hydrogen) atoms. The molecule has 2 aliphatic heterocycles. The Labute approximate surface area is 253 Å².